The fraction of sp³-hybridized carbons (Fsp3) is 0.800. The highest BCUT2D eigenvalue weighted by atomic mass is 32.2. The first-order chi connectivity index (χ1) is 5.74. The van der Waals surface area contributed by atoms with Gasteiger partial charge in [0.25, 0.3) is 0 Å². The summed E-state index contributed by atoms with van der Waals surface area (Å²) in [6.07, 6.45) is 0. The molecule has 0 aliphatic carbocycles. The molecule has 0 aliphatic rings. The second-order valence-electron chi connectivity index (χ2n) is 2.74. The summed E-state index contributed by atoms with van der Waals surface area (Å²) < 4.78 is 0.938. The number of rotatable bonds is 4. The van der Waals surface area contributed by atoms with Crippen molar-refractivity contribution < 1.29 is 4.48 Å². The van der Waals surface area contributed by atoms with Crippen molar-refractivity contribution in [2.45, 2.75) is 27.7 Å². The van der Waals surface area contributed by atoms with Gasteiger partial charge in [-0.1, -0.05) is 18.7 Å². The zero-order valence-electron chi connectivity index (χ0n) is 8.68. The zero-order valence-corrected chi connectivity index (χ0v) is 9.50. The van der Waals surface area contributed by atoms with Gasteiger partial charge in [-0.2, -0.15) is 0 Å². The molecule has 0 unspecified atom stereocenters. The molecule has 0 bridgehead atoms. The van der Waals surface area contributed by atoms with Crippen LogP contribution in [-0.2, 0) is 0 Å². The van der Waals surface area contributed by atoms with E-state index in [0.29, 0.717) is 0 Å². The molecule has 0 saturated heterocycles. The van der Waals surface area contributed by atoms with Crippen LogP contribution in [0.2, 0.25) is 0 Å². The maximum Gasteiger partial charge on any atom is 0.149 e. The van der Waals surface area contributed by atoms with Crippen LogP contribution in [0.1, 0.15) is 27.7 Å². The van der Waals surface area contributed by atoms with Crippen LogP contribution in [0.4, 0.5) is 0 Å². The lowest BCUT2D eigenvalue weighted by Crippen LogP contribution is -2.42. The third-order valence-corrected chi connectivity index (χ3v) is 2.84. The van der Waals surface area contributed by atoms with Crippen molar-refractivity contribution in [2.24, 2.45) is 0 Å². The Balaban J connectivity index is 4.22. The van der Waals surface area contributed by atoms with E-state index in [2.05, 4.69) is 39.0 Å². The second kappa shape index (κ2) is 6.39. The minimum absolute atomic E-state index is 0.938. The third-order valence-electron chi connectivity index (χ3n) is 2.32. The molecule has 0 aromatic carbocycles. The molecular weight excluding hydrogens is 166 g/mol. The van der Waals surface area contributed by atoms with E-state index >= 15 is 0 Å². The predicted molar refractivity (Wildman–Crippen MR) is 57.8 cm³/mol. The van der Waals surface area contributed by atoms with Crippen molar-refractivity contribution in [3.8, 4) is 11.3 Å². The third kappa shape index (κ3) is 3.51. The van der Waals surface area contributed by atoms with Gasteiger partial charge in [0.1, 0.15) is 6.04 Å². The summed E-state index contributed by atoms with van der Waals surface area (Å²) in [6.45, 7) is 12.1. The Bertz CT molecular complexity index is 154. The second-order valence-corrected chi connectivity index (χ2v) is 3.81. The van der Waals surface area contributed by atoms with Crippen molar-refractivity contribution in [1.29, 1.82) is 0 Å². The van der Waals surface area contributed by atoms with Gasteiger partial charge in [0, 0.05) is 11.0 Å². The van der Waals surface area contributed by atoms with Gasteiger partial charge in [-0.15, -0.1) is 0 Å². The highest BCUT2D eigenvalue weighted by Crippen LogP contribution is 2.04. The van der Waals surface area contributed by atoms with E-state index in [4.69, 9.17) is 0 Å². The first-order valence-electron chi connectivity index (χ1n) is 4.74. The SMILES string of the molecule is CCSC#C[N+](CC)(CC)CC. The Morgan fingerprint density at radius 2 is 1.50 bits per heavy atom. The first-order valence-corrected chi connectivity index (χ1v) is 5.73. The Kier molecular flexibility index (Phi) is 6.32. The molecule has 0 fully saturated rings. The maximum atomic E-state index is 3.33. The summed E-state index contributed by atoms with van der Waals surface area (Å²) in [4.78, 5) is 0. The van der Waals surface area contributed by atoms with E-state index in [1.54, 1.807) is 11.8 Å². The van der Waals surface area contributed by atoms with E-state index in [0.717, 1.165) is 29.9 Å². The van der Waals surface area contributed by atoms with Gasteiger partial charge in [-0.25, -0.2) is 4.48 Å². The van der Waals surface area contributed by atoms with E-state index in [1.807, 2.05) is 0 Å². The summed E-state index contributed by atoms with van der Waals surface area (Å²) in [5, 5.41) is 3.17. The molecule has 0 amide bonds. The van der Waals surface area contributed by atoms with Gasteiger partial charge < -0.3 is 0 Å². The van der Waals surface area contributed by atoms with Crippen LogP contribution in [-0.4, -0.2) is 29.9 Å². The summed E-state index contributed by atoms with van der Waals surface area (Å²) in [6, 6.07) is 3.33. The van der Waals surface area contributed by atoms with Crippen LogP contribution < -0.4 is 0 Å². The molecule has 0 rings (SSSR count). The highest BCUT2D eigenvalue weighted by molar-refractivity contribution is 8.03. The number of nitrogens with zero attached hydrogens (tertiary/aromatic N) is 1. The van der Waals surface area contributed by atoms with Crippen LogP contribution in [0.25, 0.3) is 0 Å². The van der Waals surface area contributed by atoms with E-state index in [-0.39, 0.29) is 0 Å². The zero-order chi connectivity index (χ0) is 9.45. The minimum atomic E-state index is 0.938. The summed E-state index contributed by atoms with van der Waals surface area (Å²) in [7, 11) is 0. The maximum absolute atomic E-state index is 3.33. The number of hydrogen-bond acceptors (Lipinski definition) is 1. The predicted octanol–water partition coefficient (Wildman–Crippen LogP) is 2.53. The van der Waals surface area contributed by atoms with E-state index in [1.165, 1.54) is 0 Å². The monoisotopic (exact) mass is 186 g/mol. The summed E-state index contributed by atoms with van der Waals surface area (Å²) in [5.41, 5.74) is 0. The average molecular weight is 186 g/mol. The lowest BCUT2D eigenvalue weighted by Gasteiger charge is -2.27. The molecule has 0 saturated carbocycles. The van der Waals surface area contributed by atoms with Gasteiger partial charge in [0.05, 0.1) is 19.6 Å². The minimum Gasteiger partial charge on any atom is -0.246 e. The van der Waals surface area contributed by atoms with Crippen LogP contribution in [0, 0.1) is 11.3 Å². The van der Waals surface area contributed by atoms with Gasteiger partial charge >= 0.3 is 0 Å². The van der Waals surface area contributed by atoms with E-state index in [9.17, 15) is 0 Å². The van der Waals surface area contributed by atoms with E-state index < -0.39 is 0 Å². The van der Waals surface area contributed by atoms with Crippen LogP contribution in [0.3, 0.4) is 0 Å². The largest absolute Gasteiger partial charge is 0.246 e. The number of hydrogen-bond donors (Lipinski definition) is 0. The van der Waals surface area contributed by atoms with Gasteiger partial charge in [-0.3, -0.25) is 0 Å². The first kappa shape index (κ1) is 11.9. The molecule has 0 spiro atoms. The molecule has 0 aromatic rings. The van der Waals surface area contributed by atoms with Crippen molar-refractivity contribution in [3.63, 3.8) is 0 Å². The lowest BCUT2D eigenvalue weighted by molar-refractivity contribution is -0.858. The lowest BCUT2D eigenvalue weighted by atomic mass is 10.4. The van der Waals surface area contributed by atoms with Gasteiger partial charge in [0.15, 0.2) is 0 Å². The smallest absolute Gasteiger partial charge is 0.149 e. The van der Waals surface area contributed by atoms with Gasteiger partial charge in [-0.05, 0) is 20.8 Å². The molecule has 0 aromatic heterocycles. The fourth-order valence-corrected chi connectivity index (χ4v) is 1.51. The van der Waals surface area contributed by atoms with Crippen LogP contribution in [0.5, 0.6) is 0 Å². The molecule has 0 heterocycles. The molecule has 0 radical (unpaired) electrons. The Morgan fingerprint density at radius 3 is 1.83 bits per heavy atom. The van der Waals surface area contributed by atoms with Crippen molar-refractivity contribution >= 4 is 11.8 Å². The summed E-state index contributed by atoms with van der Waals surface area (Å²) in [5.74, 6) is 1.09. The Labute approximate surface area is 81.1 Å². The molecule has 0 atom stereocenters. The quantitative estimate of drug-likeness (QED) is 0.480. The highest BCUT2D eigenvalue weighted by Gasteiger charge is 2.17. The van der Waals surface area contributed by atoms with Crippen LogP contribution in [0.15, 0.2) is 0 Å². The number of thioether (sulfide) groups is 1. The topological polar surface area (TPSA) is 0 Å². The summed E-state index contributed by atoms with van der Waals surface area (Å²) >= 11 is 1.70. The normalized spacial score (nSPS) is 10.7. The molecule has 0 N–H and O–H groups in total. The molecule has 0 aliphatic heterocycles. The Hall–Kier alpha value is -0.130. The average Bonchev–Trinajstić information content (AvgIpc) is 2.14. The standard InChI is InChI=1S/C10H20NS/c1-5-11(6-2,7-3)9-10-12-8-4/h5-8H2,1-4H3/q+1. The van der Waals surface area contributed by atoms with Crippen molar-refractivity contribution in [2.75, 3.05) is 25.4 Å². The molecule has 2 heteroatoms. The Morgan fingerprint density at radius 1 is 1.00 bits per heavy atom. The van der Waals surface area contributed by atoms with Crippen molar-refractivity contribution in [3.05, 3.63) is 0 Å². The molecular formula is C10H20NS+. The van der Waals surface area contributed by atoms with Crippen LogP contribution >= 0.6 is 11.8 Å². The van der Waals surface area contributed by atoms with Crippen molar-refractivity contribution in [1.82, 2.24) is 0 Å². The molecule has 1 nitrogen and oxygen atoms in total. The fourth-order valence-electron chi connectivity index (χ4n) is 1.11. The molecule has 12 heavy (non-hydrogen) atoms. The molecule has 70 valence electrons. The van der Waals surface area contributed by atoms with Gasteiger partial charge in [0.2, 0.25) is 0 Å². The number of quaternary nitrogens is 1.